The average Bonchev–Trinajstić information content (AvgIpc) is 2.75. The molecule has 1 aromatic heterocycles. The molecule has 0 saturated carbocycles. The Balaban J connectivity index is 1.61. The van der Waals surface area contributed by atoms with Gasteiger partial charge in [-0.1, -0.05) is 18.6 Å². The van der Waals surface area contributed by atoms with Crippen LogP contribution in [0.4, 0.5) is 11.4 Å². The van der Waals surface area contributed by atoms with Crippen molar-refractivity contribution in [3.05, 3.63) is 74.1 Å². The van der Waals surface area contributed by atoms with Gasteiger partial charge in [-0.2, -0.15) is 0 Å². The molecule has 0 unspecified atom stereocenters. The molecule has 8 heteroatoms. The minimum Gasteiger partial charge on any atom is -0.494 e. The number of nitro groups is 1. The van der Waals surface area contributed by atoms with Crippen molar-refractivity contribution in [2.24, 2.45) is 4.99 Å². The van der Waals surface area contributed by atoms with Crippen molar-refractivity contribution in [1.82, 2.24) is 9.88 Å². The molecule has 2 heterocycles. The number of nitro benzene ring substituents is 1. The summed E-state index contributed by atoms with van der Waals surface area (Å²) >= 11 is 0. The van der Waals surface area contributed by atoms with Gasteiger partial charge in [0.15, 0.2) is 0 Å². The van der Waals surface area contributed by atoms with Crippen LogP contribution in [0.3, 0.4) is 0 Å². The first-order valence-corrected chi connectivity index (χ1v) is 9.90. The van der Waals surface area contributed by atoms with Gasteiger partial charge in [0.25, 0.3) is 11.2 Å². The summed E-state index contributed by atoms with van der Waals surface area (Å²) in [6.45, 7) is 3.17. The Morgan fingerprint density at radius 3 is 2.53 bits per heavy atom. The van der Waals surface area contributed by atoms with Crippen LogP contribution < -0.4 is 5.56 Å². The number of pyridine rings is 1. The summed E-state index contributed by atoms with van der Waals surface area (Å²) in [6.07, 6.45) is 5.21. The van der Waals surface area contributed by atoms with Crippen LogP contribution in [-0.4, -0.2) is 39.2 Å². The number of non-ortho nitro benzene ring substituents is 1. The number of fused-ring (bicyclic) bond motifs is 1. The van der Waals surface area contributed by atoms with Crippen LogP contribution in [0.1, 0.15) is 30.4 Å². The molecule has 1 aliphatic heterocycles. The van der Waals surface area contributed by atoms with Gasteiger partial charge in [0.2, 0.25) is 5.88 Å². The number of likely N-dealkylation sites (tertiary alicyclic amines) is 1. The summed E-state index contributed by atoms with van der Waals surface area (Å²) in [6, 6.07) is 11.7. The number of rotatable bonds is 5. The van der Waals surface area contributed by atoms with Gasteiger partial charge in [-0.25, -0.2) is 0 Å². The van der Waals surface area contributed by atoms with E-state index in [0.717, 1.165) is 19.6 Å². The third-order valence-electron chi connectivity index (χ3n) is 5.37. The van der Waals surface area contributed by atoms with E-state index in [1.54, 1.807) is 0 Å². The van der Waals surface area contributed by atoms with E-state index in [-0.39, 0.29) is 27.9 Å². The molecule has 8 nitrogen and oxygen atoms in total. The maximum Gasteiger partial charge on any atom is 0.270 e. The number of piperidine rings is 1. The number of aromatic amines is 1. The topological polar surface area (TPSA) is 112 Å². The summed E-state index contributed by atoms with van der Waals surface area (Å²) in [7, 11) is 0. The van der Waals surface area contributed by atoms with Gasteiger partial charge in [0.1, 0.15) is 0 Å². The molecule has 2 N–H and O–H groups in total. The maximum atomic E-state index is 12.1. The second-order valence-electron chi connectivity index (χ2n) is 7.46. The molecular weight excluding hydrogens is 384 g/mol. The quantitative estimate of drug-likeness (QED) is 0.379. The van der Waals surface area contributed by atoms with Crippen molar-refractivity contribution in [2.45, 2.75) is 25.8 Å². The SMILES string of the molecule is O=c1[nH]c(O)c(C=Nc2ccc(CN3CCCCC3)cc2)c2cc([N+](=O)[O-])ccc12. The fourth-order valence-corrected chi connectivity index (χ4v) is 3.77. The Morgan fingerprint density at radius 1 is 1.10 bits per heavy atom. The lowest BCUT2D eigenvalue weighted by Gasteiger charge is -2.26. The molecule has 154 valence electrons. The summed E-state index contributed by atoms with van der Waals surface area (Å²) in [5.41, 5.74) is 1.44. The standard InChI is InChI=1S/C22H22N4O4/c27-21-18-9-8-17(26(29)30)12-19(18)20(22(28)24-21)13-23-16-6-4-15(5-7-16)14-25-10-2-1-3-11-25/h4-9,12-13H,1-3,10-11,14H2,(H2,24,27,28). The molecule has 3 aromatic rings. The molecule has 1 fully saturated rings. The molecule has 1 saturated heterocycles. The number of nitrogens with zero attached hydrogens (tertiary/aromatic N) is 3. The minimum absolute atomic E-state index is 0.163. The van der Waals surface area contributed by atoms with Crippen molar-refractivity contribution in [1.29, 1.82) is 0 Å². The van der Waals surface area contributed by atoms with Crippen molar-refractivity contribution in [3.63, 3.8) is 0 Å². The van der Waals surface area contributed by atoms with E-state index in [9.17, 15) is 20.0 Å². The molecule has 0 aliphatic carbocycles. The monoisotopic (exact) mass is 406 g/mol. The van der Waals surface area contributed by atoms with Gasteiger partial charge in [0.05, 0.1) is 16.2 Å². The Hall–Kier alpha value is -3.52. The normalized spacial score (nSPS) is 15.1. The van der Waals surface area contributed by atoms with Crippen molar-refractivity contribution in [2.75, 3.05) is 13.1 Å². The molecule has 2 aromatic carbocycles. The molecule has 0 radical (unpaired) electrons. The fraction of sp³-hybridized carbons (Fsp3) is 0.273. The smallest absolute Gasteiger partial charge is 0.270 e. The first-order valence-electron chi connectivity index (χ1n) is 9.90. The van der Waals surface area contributed by atoms with Crippen LogP contribution in [0.5, 0.6) is 5.88 Å². The van der Waals surface area contributed by atoms with E-state index < -0.39 is 10.5 Å². The highest BCUT2D eigenvalue weighted by Crippen LogP contribution is 2.26. The van der Waals surface area contributed by atoms with Gasteiger partial charge in [-0.3, -0.25) is 29.8 Å². The van der Waals surface area contributed by atoms with Crippen LogP contribution in [-0.2, 0) is 6.54 Å². The number of aliphatic imine (C=N–C) groups is 1. The number of H-pyrrole nitrogens is 1. The highest BCUT2D eigenvalue weighted by Gasteiger charge is 2.14. The number of aromatic hydroxyl groups is 1. The Labute approximate surface area is 172 Å². The van der Waals surface area contributed by atoms with E-state index in [0.29, 0.717) is 5.69 Å². The third kappa shape index (κ3) is 4.23. The second-order valence-corrected chi connectivity index (χ2v) is 7.46. The van der Waals surface area contributed by atoms with Gasteiger partial charge in [0, 0.05) is 35.7 Å². The minimum atomic E-state index is -0.542. The molecule has 0 atom stereocenters. The maximum absolute atomic E-state index is 12.1. The Bertz CT molecular complexity index is 1160. The van der Waals surface area contributed by atoms with Crippen LogP contribution in [0.25, 0.3) is 10.8 Å². The highest BCUT2D eigenvalue weighted by atomic mass is 16.6. The summed E-state index contributed by atoms with van der Waals surface area (Å²) in [4.78, 5) is 31.8. The fourth-order valence-electron chi connectivity index (χ4n) is 3.77. The zero-order chi connectivity index (χ0) is 21.1. The lowest BCUT2D eigenvalue weighted by molar-refractivity contribution is -0.384. The van der Waals surface area contributed by atoms with Gasteiger partial charge in [-0.15, -0.1) is 0 Å². The molecule has 0 spiro atoms. The van der Waals surface area contributed by atoms with Crippen LogP contribution in [0.15, 0.2) is 52.3 Å². The van der Waals surface area contributed by atoms with E-state index in [4.69, 9.17) is 0 Å². The summed E-state index contributed by atoms with van der Waals surface area (Å²) in [5.74, 6) is -0.376. The van der Waals surface area contributed by atoms with E-state index >= 15 is 0 Å². The lowest BCUT2D eigenvalue weighted by Crippen LogP contribution is -2.28. The van der Waals surface area contributed by atoms with Crippen LogP contribution in [0, 0.1) is 10.1 Å². The predicted octanol–water partition coefficient (Wildman–Crippen LogP) is 3.88. The molecule has 1 aliphatic rings. The zero-order valence-electron chi connectivity index (χ0n) is 16.4. The van der Waals surface area contributed by atoms with Crippen molar-refractivity contribution < 1.29 is 10.0 Å². The number of benzene rings is 2. The van der Waals surface area contributed by atoms with E-state index in [1.165, 1.54) is 49.2 Å². The molecule has 4 rings (SSSR count). The lowest BCUT2D eigenvalue weighted by atomic mass is 10.1. The second kappa shape index (κ2) is 8.46. The van der Waals surface area contributed by atoms with Crippen LogP contribution in [0.2, 0.25) is 0 Å². The van der Waals surface area contributed by atoms with Gasteiger partial charge < -0.3 is 5.11 Å². The Morgan fingerprint density at radius 2 is 1.83 bits per heavy atom. The summed E-state index contributed by atoms with van der Waals surface area (Å²) < 4.78 is 0. The van der Waals surface area contributed by atoms with Crippen LogP contribution >= 0.6 is 0 Å². The largest absolute Gasteiger partial charge is 0.494 e. The van der Waals surface area contributed by atoms with E-state index in [1.807, 2.05) is 24.3 Å². The number of aromatic nitrogens is 1. The van der Waals surface area contributed by atoms with Crippen molar-refractivity contribution >= 4 is 28.4 Å². The van der Waals surface area contributed by atoms with Crippen molar-refractivity contribution in [3.8, 4) is 5.88 Å². The summed E-state index contributed by atoms with van der Waals surface area (Å²) in [5, 5.41) is 21.8. The molecule has 0 bridgehead atoms. The molecule has 30 heavy (non-hydrogen) atoms. The molecular formula is C22H22N4O4. The van der Waals surface area contributed by atoms with E-state index in [2.05, 4.69) is 14.9 Å². The van der Waals surface area contributed by atoms with Gasteiger partial charge in [-0.05, 0) is 49.7 Å². The number of hydrogen-bond donors (Lipinski definition) is 2. The highest BCUT2D eigenvalue weighted by molar-refractivity contribution is 6.02. The predicted molar refractivity (Wildman–Crippen MR) is 116 cm³/mol. The average molecular weight is 406 g/mol. The zero-order valence-corrected chi connectivity index (χ0v) is 16.4. The first-order chi connectivity index (χ1) is 14.5. The molecule has 0 amide bonds. The first kappa shape index (κ1) is 19.8. The number of nitrogens with one attached hydrogen (secondary N) is 1. The number of hydrogen-bond acceptors (Lipinski definition) is 6. The third-order valence-corrected chi connectivity index (χ3v) is 5.37. The Kier molecular flexibility index (Phi) is 5.58. The van der Waals surface area contributed by atoms with Gasteiger partial charge >= 0.3 is 0 Å².